The van der Waals surface area contributed by atoms with E-state index in [2.05, 4.69) is 29.8 Å². The molecule has 0 saturated heterocycles. The van der Waals surface area contributed by atoms with Crippen molar-refractivity contribution in [1.82, 2.24) is 0 Å². The predicted molar refractivity (Wildman–Crippen MR) is 65.7 cm³/mol. The highest BCUT2D eigenvalue weighted by Gasteiger charge is 2.15. The van der Waals surface area contributed by atoms with Crippen molar-refractivity contribution < 1.29 is 14.2 Å². The fourth-order valence-electron chi connectivity index (χ4n) is 0.880. The summed E-state index contributed by atoms with van der Waals surface area (Å²) >= 11 is 3.49. The van der Waals surface area contributed by atoms with Crippen molar-refractivity contribution in [3.63, 3.8) is 0 Å². The molecule has 92 valence electrons. The first-order valence-corrected chi connectivity index (χ1v) is 6.45. The highest BCUT2D eigenvalue weighted by molar-refractivity contribution is 9.09. The summed E-state index contributed by atoms with van der Waals surface area (Å²) in [5, 5.41) is 1.01. The van der Waals surface area contributed by atoms with Crippen LogP contribution in [-0.2, 0) is 14.2 Å². The van der Waals surface area contributed by atoms with Crippen LogP contribution in [0.15, 0.2) is 0 Å². The molecular weight excluding hydrogens is 260 g/mol. The van der Waals surface area contributed by atoms with E-state index in [-0.39, 0.29) is 0 Å². The molecule has 0 aromatic heterocycles. The van der Waals surface area contributed by atoms with Gasteiger partial charge in [-0.05, 0) is 11.8 Å². The molecular formula is C11H23BrO3. The van der Waals surface area contributed by atoms with Gasteiger partial charge in [0.2, 0.25) is 0 Å². The molecule has 0 aliphatic carbocycles. The van der Waals surface area contributed by atoms with Crippen LogP contribution in [-0.4, -0.2) is 45.5 Å². The van der Waals surface area contributed by atoms with Gasteiger partial charge in [-0.25, -0.2) is 0 Å². The molecule has 0 fully saturated rings. The molecule has 0 aromatic rings. The molecule has 0 heterocycles. The van der Waals surface area contributed by atoms with E-state index in [9.17, 15) is 0 Å². The predicted octanol–water partition coefficient (Wildman–Crippen LogP) is 2.48. The Morgan fingerprint density at radius 2 is 1.47 bits per heavy atom. The molecule has 0 saturated carbocycles. The van der Waals surface area contributed by atoms with E-state index >= 15 is 0 Å². The lowest BCUT2D eigenvalue weighted by Crippen LogP contribution is -2.17. The van der Waals surface area contributed by atoms with E-state index < -0.39 is 0 Å². The van der Waals surface area contributed by atoms with E-state index in [1.165, 1.54) is 0 Å². The first kappa shape index (κ1) is 15.4. The molecule has 0 amide bonds. The van der Waals surface area contributed by atoms with Gasteiger partial charge >= 0.3 is 0 Å². The van der Waals surface area contributed by atoms with Crippen molar-refractivity contribution in [3.8, 4) is 0 Å². The zero-order valence-electron chi connectivity index (χ0n) is 10.1. The van der Waals surface area contributed by atoms with Crippen LogP contribution < -0.4 is 0 Å². The maximum atomic E-state index is 5.46. The summed E-state index contributed by atoms with van der Waals surface area (Å²) < 4.78 is 15.6. The second kappa shape index (κ2) is 9.58. The highest BCUT2D eigenvalue weighted by atomic mass is 79.9. The van der Waals surface area contributed by atoms with Crippen LogP contribution in [0.3, 0.4) is 0 Å². The second-order valence-electron chi connectivity index (χ2n) is 4.27. The quantitative estimate of drug-likeness (QED) is 0.455. The lowest BCUT2D eigenvalue weighted by molar-refractivity contribution is 0.0196. The van der Waals surface area contributed by atoms with E-state index in [1.54, 1.807) is 7.11 Å². The average Bonchev–Trinajstić information content (AvgIpc) is 2.22. The Kier molecular flexibility index (Phi) is 9.81. The van der Waals surface area contributed by atoms with Crippen LogP contribution in [0.5, 0.6) is 0 Å². The standard InChI is InChI=1S/C11H23BrO3/c1-11(2,10-12)4-5-14-8-9-15-7-6-13-3/h4-10H2,1-3H3. The van der Waals surface area contributed by atoms with Gasteiger partial charge in [0.1, 0.15) is 0 Å². The minimum atomic E-state index is 0.316. The highest BCUT2D eigenvalue weighted by Crippen LogP contribution is 2.22. The fourth-order valence-corrected chi connectivity index (χ4v) is 1.16. The zero-order chi connectivity index (χ0) is 11.6. The summed E-state index contributed by atoms with van der Waals surface area (Å²) in [6.07, 6.45) is 1.07. The van der Waals surface area contributed by atoms with Gasteiger partial charge in [-0.2, -0.15) is 0 Å². The lowest BCUT2D eigenvalue weighted by Gasteiger charge is -2.20. The molecule has 15 heavy (non-hydrogen) atoms. The summed E-state index contributed by atoms with van der Waals surface area (Å²) in [6, 6.07) is 0. The van der Waals surface area contributed by atoms with E-state index in [1.807, 2.05) is 0 Å². The van der Waals surface area contributed by atoms with Crippen LogP contribution in [0, 0.1) is 5.41 Å². The molecule has 0 aliphatic rings. The summed E-state index contributed by atoms with van der Waals surface area (Å²) in [5.74, 6) is 0. The Morgan fingerprint density at radius 3 is 2.00 bits per heavy atom. The monoisotopic (exact) mass is 282 g/mol. The largest absolute Gasteiger partial charge is 0.382 e. The normalized spacial score (nSPS) is 12.0. The van der Waals surface area contributed by atoms with Crippen LogP contribution >= 0.6 is 15.9 Å². The Morgan fingerprint density at radius 1 is 0.933 bits per heavy atom. The molecule has 0 radical (unpaired) electrons. The molecule has 0 aliphatic heterocycles. The van der Waals surface area contributed by atoms with E-state index in [0.29, 0.717) is 31.8 Å². The number of rotatable bonds is 10. The van der Waals surface area contributed by atoms with Crippen LogP contribution in [0.4, 0.5) is 0 Å². The molecule has 0 N–H and O–H groups in total. The molecule has 0 rings (SSSR count). The first-order chi connectivity index (χ1) is 7.12. The molecule has 0 bridgehead atoms. The van der Waals surface area contributed by atoms with Crippen molar-refractivity contribution in [2.45, 2.75) is 20.3 Å². The molecule has 0 atom stereocenters. The summed E-state index contributed by atoms with van der Waals surface area (Å²) in [4.78, 5) is 0. The number of ether oxygens (including phenoxy) is 3. The van der Waals surface area contributed by atoms with Crippen molar-refractivity contribution in [3.05, 3.63) is 0 Å². The molecule has 0 unspecified atom stereocenters. The van der Waals surface area contributed by atoms with Gasteiger partial charge in [0, 0.05) is 19.0 Å². The summed E-state index contributed by atoms with van der Waals surface area (Å²) in [6.45, 7) is 7.86. The Hall–Kier alpha value is 0.360. The smallest absolute Gasteiger partial charge is 0.0701 e. The van der Waals surface area contributed by atoms with Gasteiger partial charge in [0.25, 0.3) is 0 Å². The molecule has 4 heteroatoms. The van der Waals surface area contributed by atoms with Crippen LogP contribution in [0.2, 0.25) is 0 Å². The number of methoxy groups -OCH3 is 1. The van der Waals surface area contributed by atoms with Crippen LogP contribution in [0.25, 0.3) is 0 Å². The Balaban J connectivity index is 3.11. The van der Waals surface area contributed by atoms with Crippen LogP contribution in [0.1, 0.15) is 20.3 Å². The number of halogens is 1. The maximum absolute atomic E-state index is 5.46. The summed E-state index contributed by atoms with van der Waals surface area (Å²) in [5.41, 5.74) is 0.316. The van der Waals surface area contributed by atoms with Crippen molar-refractivity contribution in [1.29, 1.82) is 0 Å². The van der Waals surface area contributed by atoms with Gasteiger partial charge in [-0.1, -0.05) is 29.8 Å². The number of alkyl halides is 1. The summed E-state index contributed by atoms with van der Waals surface area (Å²) in [7, 11) is 1.67. The maximum Gasteiger partial charge on any atom is 0.0701 e. The third kappa shape index (κ3) is 10.6. The molecule has 0 spiro atoms. The first-order valence-electron chi connectivity index (χ1n) is 5.33. The number of hydrogen-bond acceptors (Lipinski definition) is 3. The third-order valence-electron chi connectivity index (χ3n) is 2.09. The second-order valence-corrected chi connectivity index (χ2v) is 4.83. The average molecular weight is 283 g/mol. The van der Waals surface area contributed by atoms with Gasteiger partial charge in [-0.3, -0.25) is 0 Å². The van der Waals surface area contributed by atoms with Gasteiger partial charge in [0.05, 0.1) is 26.4 Å². The van der Waals surface area contributed by atoms with E-state index in [4.69, 9.17) is 14.2 Å². The van der Waals surface area contributed by atoms with E-state index in [0.717, 1.165) is 18.4 Å². The molecule has 0 aromatic carbocycles. The minimum Gasteiger partial charge on any atom is -0.382 e. The van der Waals surface area contributed by atoms with Gasteiger partial charge in [-0.15, -0.1) is 0 Å². The number of hydrogen-bond donors (Lipinski definition) is 0. The fraction of sp³-hybridized carbons (Fsp3) is 1.00. The minimum absolute atomic E-state index is 0.316. The topological polar surface area (TPSA) is 27.7 Å². The third-order valence-corrected chi connectivity index (χ3v) is 3.61. The Labute approximate surface area is 102 Å². The zero-order valence-corrected chi connectivity index (χ0v) is 11.6. The van der Waals surface area contributed by atoms with Crippen molar-refractivity contribution in [2.24, 2.45) is 5.41 Å². The van der Waals surface area contributed by atoms with Crippen molar-refractivity contribution in [2.75, 3.05) is 45.5 Å². The SMILES string of the molecule is COCCOCCOCCC(C)(C)CBr. The van der Waals surface area contributed by atoms with Gasteiger partial charge in [0.15, 0.2) is 0 Å². The Bertz CT molecular complexity index is 140. The molecule has 3 nitrogen and oxygen atoms in total. The lowest BCUT2D eigenvalue weighted by atomic mass is 9.93. The van der Waals surface area contributed by atoms with Gasteiger partial charge < -0.3 is 14.2 Å². The van der Waals surface area contributed by atoms with Crippen molar-refractivity contribution >= 4 is 15.9 Å².